The second-order valence-electron chi connectivity index (χ2n) is 2.93. The molecule has 0 amide bonds. The third kappa shape index (κ3) is 2.69. The smallest absolute Gasteiger partial charge is 0.0349 e. The summed E-state index contributed by atoms with van der Waals surface area (Å²) in [6.45, 7) is 2.60. The van der Waals surface area contributed by atoms with Crippen molar-refractivity contribution >= 4 is 0 Å². The Morgan fingerprint density at radius 2 is 1.75 bits per heavy atom. The zero-order chi connectivity index (χ0) is 9.61. The molecule has 0 aromatic carbocycles. The Kier molecular flexibility index (Phi) is 5.36. The van der Waals surface area contributed by atoms with Crippen molar-refractivity contribution in [3.8, 4) is 0 Å². The lowest BCUT2D eigenvalue weighted by molar-refractivity contribution is -0.137. The Balaban J connectivity index is 4.28. The van der Waals surface area contributed by atoms with E-state index in [1.807, 2.05) is 6.92 Å². The number of hydroxylamine groups is 2. The van der Waals surface area contributed by atoms with Gasteiger partial charge in [-0.25, -0.2) is 0 Å². The third-order valence-electron chi connectivity index (χ3n) is 2.28. The summed E-state index contributed by atoms with van der Waals surface area (Å²) in [5.74, 6) is 0. The van der Waals surface area contributed by atoms with Crippen molar-refractivity contribution in [3.63, 3.8) is 0 Å². The van der Waals surface area contributed by atoms with E-state index < -0.39 is 5.54 Å². The lowest BCUT2D eigenvalue weighted by atomic mass is 9.89. The molecular weight excluding hydrogens is 158 g/mol. The van der Waals surface area contributed by atoms with Crippen molar-refractivity contribution in [2.24, 2.45) is 11.5 Å². The number of rotatable bonds is 6. The van der Waals surface area contributed by atoms with Crippen molar-refractivity contribution in [2.45, 2.75) is 31.7 Å². The van der Waals surface area contributed by atoms with Crippen LogP contribution >= 0.6 is 0 Å². The molecule has 5 nitrogen and oxygen atoms in total. The molecule has 0 aromatic heterocycles. The number of nitrogens with zero attached hydrogens (tertiary/aromatic N) is 1. The molecule has 0 radical (unpaired) electrons. The summed E-state index contributed by atoms with van der Waals surface area (Å²) in [5.41, 5.74) is 9.91. The molecule has 5 N–H and O–H groups in total. The van der Waals surface area contributed by atoms with Crippen molar-refractivity contribution in [1.29, 1.82) is 0 Å². The third-order valence-corrected chi connectivity index (χ3v) is 2.28. The van der Waals surface area contributed by atoms with Crippen LogP contribution in [0.1, 0.15) is 26.2 Å². The van der Waals surface area contributed by atoms with Crippen LogP contribution in [0, 0.1) is 5.21 Å². The van der Waals surface area contributed by atoms with Crippen LogP contribution in [0.15, 0.2) is 0 Å². The molecule has 0 rings (SSSR count). The minimum Gasteiger partial charge on any atom is -0.762 e. The Morgan fingerprint density at radius 1 is 1.33 bits per heavy atom. The van der Waals surface area contributed by atoms with Gasteiger partial charge in [0.15, 0.2) is 0 Å². The fourth-order valence-electron chi connectivity index (χ4n) is 1.34. The highest BCUT2D eigenvalue weighted by molar-refractivity contribution is 4.86. The molecule has 0 unspecified atom stereocenters. The van der Waals surface area contributed by atoms with Gasteiger partial charge in [-0.1, -0.05) is 6.92 Å². The topological polar surface area (TPSA) is 98.6 Å². The van der Waals surface area contributed by atoms with Gasteiger partial charge in [0.2, 0.25) is 0 Å². The number of hydrogen-bond acceptors (Lipinski definition) is 5. The van der Waals surface area contributed by atoms with Gasteiger partial charge in [-0.05, 0) is 32.4 Å². The van der Waals surface area contributed by atoms with Crippen molar-refractivity contribution in [1.82, 2.24) is 5.23 Å². The fourth-order valence-corrected chi connectivity index (χ4v) is 1.34. The van der Waals surface area contributed by atoms with Crippen LogP contribution in [0.3, 0.4) is 0 Å². The second-order valence-corrected chi connectivity index (χ2v) is 2.93. The van der Waals surface area contributed by atoms with E-state index in [1.54, 1.807) is 0 Å². The molecular formula is C7H18N3O2-. The molecule has 12 heavy (non-hydrogen) atoms. The number of hydrogen-bond donors (Lipinski definition) is 3. The summed E-state index contributed by atoms with van der Waals surface area (Å²) in [5, 5.41) is 19.7. The van der Waals surface area contributed by atoms with Crippen LogP contribution in [-0.4, -0.2) is 29.1 Å². The quantitative estimate of drug-likeness (QED) is 0.495. The van der Waals surface area contributed by atoms with Crippen LogP contribution in [0.25, 0.3) is 0 Å². The summed E-state index contributed by atoms with van der Waals surface area (Å²) in [6.07, 6.45) is 1.50. The average molecular weight is 176 g/mol. The minimum absolute atomic E-state index is 0.00667. The molecule has 0 aliphatic carbocycles. The van der Waals surface area contributed by atoms with Gasteiger partial charge in [0.25, 0.3) is 0 Å². The molecule has 0 aliphatic heterocycles. The molecule has 0 spiro atoms. The standard InChI is InChI=1S/C7H18N3O2/c1-2-7(3-5-8,4-6-9)10(11)12/h11H,2-6,8-9H2,1H3/q-1. The first-order valence-corrected chi connectivity index (χ1v) is 4.19. The van der Waals surface area contributed by atoms with Crippen LogP contribution in [-0.2, 0) is 0 Å². The van der Waals surface area contributed by atoms with Gasteiger partial charge in [-0.3, -0.25) is 5.23 Å². The van der Waals surface area contributed by atoms with E-state index in [9.17, 15) is 5.21 Å². The zero-order valence-corrected chi connectivity index (χ0v) is 7.49. The van der Waals surface area contributed by atoms with E-state index in [0.29, 0.717) is 32.4 Å². The maximum Gasteiger partial charge on any atom is 0.0349 e. The Morgan fingerprint density at radius 3 is 1.92 bits per heavy atom. The van der Waals surface area contributed by atoms with E-state index >= 15 is 0 Å². The van der Waals surface area contributed by atoms with Crippen LogP contribution in [0.4, 0.5) is 0 Å². The highest BCUT2D eigenvalue weighted by Crippen LogP contribution is 2.24. The molecule has 0 heterocycles. The maximum absolute atomic E-state index is 10.8. The van der Waals surface area contributed by atoms with Crippen LogP contribution < -0.4 is 11.5 Å². The maximum atomic E-state index is 10.8. The minimum atomic E-state index is -0.774. The lowest BCUT2D eigenvalue weighted by Gasteiger charge is -2.43. The molecule has 74 valence electrons. The first-order chi connectivity index (χ1) is 5.63. The van der Waals surface area contributed by atoms with E-state index in [4.69, 9.17) is 16.7 Å². The Labute approximate surface area is 72.9 Å². The van der Waals surface area contributed by atoms with Crippen molar-refractivity contribution in [2.75, 3.05) is 13.1 Å². The fraction of sp³-hybridized carbons (Fsp3) is 1.00. The van der Waals surface area contributed by atoms with Crippen molar-refractivity contribution < 1.29 is 5.21 Å². The molecule has 5 heteroatoms. The van der Waals surface area contributed by atoms with E-state index in [-0.39, 0.29) is 5.23 Å². The van der Waals surface area contributed by atoms with Gasteiger partial charge < -0.3 is 21.9 Å². The van der Waals surface area contributed by atoms with E-state index in [0.717, 1.165) is 0 Å². The van der Waals surface area contributed by atoms with E-state index in [2.05, 4.69) is 0 Å². The highest BCUT2D eigenvalue weighted by atomic mass is 16.8. The predicted molar refractivity (Wildman–Crippen MR) is 47.4 cm³/mol. The zero-order valence-electron chi connectivity index (χ0n) is 7.49. The van der Waals surface area contributed by atoms with Gasteiger partial charge in [0.1, 0.15) is 0 Å². The Bertz CT molecular complexity index is 113. The normalized spacial score (nSPS) is 12.5. The monoisotopic (exact) mass is 176 g/mol. The Hall–Kier alpha value is -0.200. The first kappa shape index (κ1) is 11.8. The molecule has 0 bridgehead atoms. The summed E-state index contributed by atoms with van der Waals surface area (Å²) in [7, 11) is 0. The van der Waals surface area contributed by atoms with Gasteiger partial charge in [-0.15, -0.1) is 0 Å². The first-order valence-electron chi connectivity index (χ1n) is 4.19. The summed E-state index contributed by atoms with van der Waals surface area (Å²) < 4.78 is 0. The average Bonchev–Trinajstić information content (AvgIpc) is 2.03. The molecule has 0 atom stereocenters. The van der Waals surface area contributed by atoms with Crippen LogP contribution in [0.2, 0.25) is 0 Å². The lowest BCUT2D eigenvalue weighted by Crippen LogP contribution is -2.46. The summed E-state index contributed by atoms with van der Waals surface area (Å²) in [4.78, 5) is 0. The predicted octanol–water partition coefficient (Wildman–Crippen LogP) is 0.0218. The molecule has 0 saturated carbocycles. The largest absolute Gasteiger partial charge is 0.762 e. The second kappa shape index (κ2) is 5.45. The molecule has 0 aromatic rings. The summed E-state index contributed by atoms with van der Waals surface area (Å²) >= 11 is 0. The molecule has 0 aliphatic rings. The summed E-state index contributed by atoms with van der Waals surface area (Å²) in [6, 6.07) is 0. The SMILES string of the molecule is CCC(CCN)(CCN)N([O-])O. The van der Waals surface area contributed by atoms with Gasteiger partial charge in [0, 0.05) is 5.54 Å². The van der Waals surface area contributed by atoms with Gasteiger partial charge in [-0.2, -0.15) is 0 Å². The van der Waals surface area contributed by atoms with Gasteiger partial charge in [0.05, 0.1) is 0 Å². The van der Waals surface area contributed by atoms with Crippen molar-refractivity contribution in [3.05, 3.63) is 5.21 Å². The molecule has 0 fully saturated rings. The van der Waals surface area contributed by atoms with Gasteiger partial charge >= 0.3 is 0 Å². The highest BCUT2D eigenvalue weighted by Gasteiger charge is 2.27. The number of nitrogens with two attached hydrogens (primary N) is 2. The van der Waals surface area contributed by atoms with Crippen LogP contribution in [0.5, 0.6) is 0 Å². The molecule has 0 saturated heterocycles. The van der Waals surface area contributed by atoms with E-state index in [1.165, 1.54) is 0 Å².